The van der Waals surface area contributed by atoms with E-state index in [0.29, 0.717) is 17.9 Å². The number of halogens is 1. The number of rotatable bonds is 3. The van der Waals surface area contributed by atoms with E-state index in [0.717, 1.165) is 4.47 Å². The quantitative estimate of drug-likeness (QED) is 0.841. The maximum atomic E-state index is 8.83. The molecule has 1 aromatic heterocycles. The molecule has 1 aromatic rings. The lowest BCUT2D eigenvalue weighted by molar-refractivity contribution is 1.20. The highest BCUT2D eigenvalue weighted by molar-refractivity contribution is 9.10. The van der Waals surface area contributed by atoms with Crippen molar-refractivity contribution in [3.63, 3.8) is 0 Å². The van der Waals surface area contributed by atoms with E-state index >= 15 is 0 Å². The zero-order valence-electron chi connectivity index (χ0n) is 7.79. The van der Waals surface area contributed by atoms with Gasteiger partial charge in [-0.25, -0.2) is 4.98 Å². The summed E-state index contributed by atoms with van der Waals surface area (Å²) < 4.78 is 0.811. The average Bonchev–Trinajstić information content (AvgIpc) is 2.20. The zero-order chi connectivity index (χ0) is 10.4. The molecule has 1 heterocycles. The van der Waals surface area contributed by atoms with Crippen molar-refractivity contribution in [3.05, 3.63) is 34.5 Å². The molecule has 1 rings (SSSR count). The second-order valence-electron chi connectivity index (χ2n) is 2.61. The maximum absolute atomic E-state index is 8.83. The Labute approximate surface area is 91.6 Å². The summed E-state index contributed by atoms with van der Waals surface area (Å²) in [6.45, 7) is 2.63. The Hall–Kier alpha value is -1.34. The van der Waals surface area contributed by atoms with E-state index in [1.54, 1.807) is 12.3 Å². The molecule has 0 aliphatic heterocycles. The van der Waals surface area contributed by atoms with Crippen molar-refractivity contribution in [2.24, 2.45) is 0 Å². The summed E-state index contributed by atoms with van der Waals surface area (Å²) in [5.74, 6) is 0.619. The smallest absolute Gasteiger partial charge is 0.144 e. The highest BCUT2D eigenvalue weighted by atomic mass is 79.9. The highest BCUT2D eigenvalue weighted by Gasteiger charge is 2.02. The minimum absolute atomic E-state index is 0.545. The van der Waals surface area contributed by atoms with E-state index < -0.39 is 0 Å². The van der Waals surface area contributed by atoms with E-state index in [1.165, 1.54) is 0 Å². The van der Waals surface area contributed by atoms with Crippen molar-refractivity contribution in [3.8, 4) is 6.07 Å². The van der Waals surface area contributed by atoms with Crippen LogP contribution in [0.5, 0.6) is 0 Å². The first-order chi connectivity index (χ1) is 6.77. The van der Waals surface area contributed by atoms with Gasteiger partial charge < -0.3 is 5.32 Å². The van der Waals surface area contributed by atoms with Crippen molar-refractivity contribution >= 4 is 21.7 Å². The van der Waals surface area contributed by atoms with Crippen molar-refractivity contribution in [2.45, 2.75) is 6.92 Å². The third-order valence-electron chi connectivity index (χ3n) is 1.60. The number of nitriles is 1. The lowest BCUT2D eigenvalue weighted by Gasteiger charge is -2.04. The molecule has 0 unspecified atom stereocenters. The van der Waals surface area contributed by atoms with Gasteiger partial charge in [0.15, 0.2) is 0 Å². The zero-order valence-corrected chi connectivity index (χ0v) is 9.37. The third kappa shape index (κ3) is 2.86. The Morgan fingerprint density at radius 2 is 2.50 bits per heavy atom. The first kappa shape index (κ1) is 10.7. The van der Waals surface area contributed by atoms with Crippen LogP contribution < -0.4 is 5.32 Å². The van der Waals surface area contributed by atoms with Crippen LogP contribution in [0.1, 0.15) is 12.5 Å². The number of hydrogen-bond acceptors (Lipinski definition) is 3. The fourth-order valence-corrected chi connectivity index (χ4v) is 1.27. The van der Waals surface area contributed by atoms with E-state index in [-0.39, 0.29) is 0 Å². The van der Waals surface area contributed by atoms with Gasteiger partial charge in [0.1, 0.15) is 11.9 Å². The SMILES string of the molecule is C/C=C/CNc1ncc(Br)cc1C#N. The van der Waals surface area contributed by atoms with Crippen molar-refractivity contribution < 1.29 is 0 Å². The van der Waals surface area contributed by atoms with Gasteiger partial charge in [0.2, 0.25) is 0 Å². The van der Waals surface area contributed by atoms with Gasteiger partial charge in [0, 0.05) is 17.2 Å². The van der Waals surface area contributed by atoms with Crippen LogP contribution in [-0.4, -0.2) is 11.5 Å². The first-order valence-electron chi connectivity index (χ1n) is 4.18. The number of anilines is 1. The van der Waals surface area contributed by atoms with Crippen LogP contribution in [0.15, 0.2) is 28.9 Å². The molecule has 0 saturated heterocycles. The predicted octanol–water partition coefficient (Wildman–Crippen LogP) is 2.70. The molecule has 4 heteroatoms. The number of allylic oxidation sites excluding steroid dienone is 1. The largest absolute Gasteiger partial charge is 0.366 e. The molecule has 0 aliphatic carbocycles. The average molecular weight is 252 g/mol. The molecule has 0 atom stereocenters. The molecule has 0 amide bonds. The van der Waals surface area contributed by atoms with Crippen LogP contribution in [0.3, 0.4) is 0 Å². The van der Waals surface area contributed by atoms with Crippen LogP contribution in [0, 0.1) is 11.3 Å². The summed E-state index contributed by atoms with van der Waals surface area (Å²) in [6, 6.07) is 3.83. The van der Waals surface area contributed by atoms with E-state index in [2.05, 4.69) is 32.3 Å². The molecule has 14 heavy (non-hydrogen) atoms. The van der Waals surface area contributed by atoms with Gasteiger partial charge in [-0.3, -0.25) is 0 Å². The molecule has 0 aromatic carbocycles. The Kier molecular flexibility index (Phi) is 4.14. The highest BCUT2D eigenvalue weighted by Crippen LogP contribution is 2.16. The molecule has 72 valence electrons. The van der Waals surface area contributed by atoms with Gasteiger partial charge in [-0.1, -0.05) is 12.2 Å². The van der Waals surface area contributed by atoms with Crippen molar-refractivity contribution in [1.82, 2.24) is 4.98 Å². The lowest BCUT2D eigenvalue weighted by atomic mass is 10.3. The van der Waals surface area contributed by atoms with Crippen LogP contribution in [0.4, 0.5) is 5.82 Å². The van der Waals surface area contributed by atoms with E-state index in [9.17, 15) is 0 Å². The van der Waals surface area contributed by atoms with Crippen molar-refractivity contribution in [1.29, 1.82) is 5.26 Å². The van der Waals surface area contributed by atoms with Gasteiger partial charge >= 0.3 is 0 Å². The van der Waals surface area contributed by atoms with Crippen molar-refractivity contribution in [2.75, 3.05) is 11.9 Å². The molecule has 1 N–H and O–H groups in total. The minimum atomic E-state index is 0.545. The summed E-state index contributed by atoms with van der Waals surface area (Å²) in [6.07, 6.45) is 5.57. The number of nitrogens with one attached hydrogen (secondary N) is 1. The number of hydrogen-bond donors (Lipinski definition) is 1. The summed E-state index contributed by atoms with van der Waals surface area (Å²) in [4.78, 5) is 4.11. The summed E-state index contributed by atoms with van der Waals surface area (Å²) in [7, 11) is 0. The predicted molar refractivity (Wildman–Crippen MR) is 60.0 cm³/mol. The first-order valence-corrected chi connectivity index (χ1v) is 4.98. The second-order valence-corrected chi connectivity index (χ2v) is 3.53. The lowest BCUT2D eigenvalue weighted by Crippen LogP contribution is -2.02. The van der Waals surface area contributed by atoms with Crippen LogP contribution >= 0.6 is 15.9 Å². The molecule has 0 aliphatic rings. The van der Waals surface area contributed by atoms with Crippen LogP contribution in [0.25, 0.3) is 0 Å². The summed E-state index contributed by atoms with van der Waals surface area (Å²) in [5.41, 5.74) is 0.545. The Balaban J connectivity index is 2.81. The molecule has 3 nitrogen and oxygen atoms in total. The van der Waals surface area contributed by atoms with Gasteiger partial charge in [0.05, 0.1) is 5.56 Å². The third-order valence-corrected chi connectivity index (χ3v) is 2.03. The Bertz CT molecular complexity index is 379. The molecular weight excluding hydrogens is 242 g/mol. The fraction of sp³-hybridized carbons (Fsp3) is 0.200. The summed E-state index contributed by atoms with van der Waals surface area (Å²) in [5, 5.41) is 11.9. The maximum Gasteiger partial charge on any atom is 0.144 e. The fourth-order valence-electron chi connectivity index (χ4n) is 0.939. The van der Waals surface area contributed by atoms with E-state index in [4.69, 9.17) is 5.26 Å². The number of aromatic nitrogens is 1. The Morgan fingerprint density at radius 3 is 3.14 bits per heavy atom. The van der Waals surface area contributed by atoms with Gasteiger partial charge in [0.25, 0.3) is 0 Å². The van der Waals surface area contributed by atoms with Gasteiger partial charge in [-0.2, -0.15) is 5.26 Å². The standard InChI is InChI=1S/C10H10BrN3/c1-2-3-4-13-10-8(6-12)5-9(11)7-14-10/h2-3,5,7H,4H2,1H3,(H,13,14)/b3-2+. The monoisotopic (exact) mass is 251 g/mol. The normalized spacial score (nSPS) is 10.1. The van der Waals surface area contributed by atoms with Gasteiger partial charge in [-0.15, -0.1) is 0 Å². The topological polar surface area (TPSA) is 48.7 Å². The van der Waals surface area contributed by atoms with Gasteiger partial charge in [-0.05, 0) is 28.9 Å². The molecular formula is C10H10BrN3. The van der Waals surface area contributed by atoms with E-state index in [1.807, 2.05) is 19.1 Å². The molecule has 0 bridgehead atoms. The summed E-state index contributed by atoms with van der Waals surface area (Å²) >= 11 is 3.26. The molecule has 0 spiro atoms. The second kappa shape index (κ2) is 5.40. The number of pyridine rings is 1. The Morgan fingerprint density at radius 1 is 1.71 bits per heavy atom. The van der Waals surface area contributed by atoms with Crippen LogP contribution in [0.2, 0.25) is 0 Å². The number of nitrogens with zero attached hydrogens (tertiary/aromatic N) is 2. The molecule has 0 fully saturated rings. The minimum Gasteiger partial charge on any atom is -0.366 e. The molecule has 0 saturated carbocycles. The van der Waals surface area contributed by atoms with Crippen LogP contribution in [-0.2, 0) is 0 Å². The molecule has 0 radical (unpaired) electrons.